The fourth-order valence-corrected chi connectivity index (χ4v) is 5.86. The molecule has 3 aromatic carbocycles. The Labute approximate surface area is 271 Å². The van der Waals surface area contributed by atoms with Gasteiger partial charge in [-0.1, -0.05) is 35.9 Å². The van der Waals surface area contributed by atoms with Crippen LogP contribution in [0.15, 0.2) is 60.9 Å². The second kappa shape index (κ2) is 14.6. The number of aryl methyl sites for hydroxylation is 1. The minimum Gasteiger partial charge on any atom is -0.493 e. The Morgan fingerprint density at radius 1 is 1.11 bits per heavy atom. The van der Waals surface area contributed by atoms with E-state index in [1.54, 1.807) is 10.9 Å². The number of carboxylic acid groups (broad SMARTS) is 1. The first kappa shape index (κ1) is 32.7. The molecule has 9 nitrogen and oxygen atoms in total. The summed E-state index contributed by atoms with van der Waals surface area (Å²) in [5, 5.41) is 15.7. The largest absolute Gasteiger partial charge is 0.493 e. The molecular formula is C35H36ClFN4O5. The summed E-state index contributed by atoms with van der Waals surface area (Å²) < 4.78 is 22.6. The topological polar surface area (TPSA) is 114 Å². The number of fused-ring (bicyclic) bond motifs is 1. The molecule has 0 fully saturated rings. The van der Waals surface area contributed by atoms with Crippen LogP contribution in [0.4, 0.5) is 10.1 Å². The Kier molecular flexibility index (Phi) is 10.4. The first-order valence-electron chi connectivity index (χ1n) is 15.2. The molecule has 46 heavy (non-hydrogen) atoms. The number of nitrogens with zero attached hydrogens (tertiary/aromatic N) is 3. The number of ether oxygens (including phenoxy) is 1. The monoisotopic (exact) mass is 646 g/mol. The van der Waals surface area contributed by atoms with Crippen LogP contribution in [0.2, 0.25) is 5.02 Å². The normalized spacial score (nSPS) is 12.5. The van der Waals surface area contributed by atoms with Crippen molar-refractivity contribution in [2.45, 2.75) is 52.5 Å². The zero-order valence-electron chi connectivity index (χ0n) is 25.8. The molecule has 0 unspecified atom stereocenters. The maximum Gasteiger partial charge on any atom is 0.305 e. The SMILES string of the molecule is Cc1cccc(OCCCC(=O)N2CCCc3c(-c4cnn(Cc5c(F)cc(C(=O)NCCC(=O)O)cc5Cl)c4)cccc32)c1C. The van der Waals surface area contributed by atoms with E-state index in [9.17, 15) is 14.4 Å². The minimum absolute atomic E-state index is 0.00158. The first-order valence-corrected chi connectivity index (χ1v) is 15.6. The van der Waals surface area contributed by atoms with Crippen molar-refractivity contribution in [1.82, 2.24) is 15.1 Å². The van der Waals surface area contributed by atoms with Crippen molar-refractivity contribution in [2.75, 3.05) is 24.6 Å². The van der Waals surface area contributed by atoms with Crippen molar-refractivity contribution in [3.63, 3.8) is 0 Å². The van der Waals surface area contributed by atoms with E-state index in [1.807, 2.05) is 61.3 Å². The van der Waals surface area contributed by atoms with E-state index < -0.39 is 17.7 Å². The highest BCUT2D eigenvalue weighted by Gasteiger charge is 2.25. The van der Waals surface area contributed by atoms with Gasteiger partial charge in [0.2, 0.25) is 5.91 Å². The zero-order valence-corrected chi connectivity index (χ0v) is 26.6. The van der Waals surface area contributed by atoms with Gasteiger partial charge >= 0.3 is 5.97 Å². The van der Waals surface area contributed by atoms with E-state index in [1.165, 1.54) is 11.6 Å². The number of hydrogen-bond donors (Lipinski definition) is 2. The van der Waals surface area contributed by atoms with Gasteiger partial charge in [0.25, 0.3) is 5.91 Å². The molecule has 0 spiro atoms. The third-order valence-electron chi connectivity index (χ3n) is 8.19. The average Bonchev–Trinajstić information content (AvgIpc) is 3.50. The van der Waals surface area contributed by atoms with Crippen LogP contribution in [0.5, 0.6) is 5.75 Å². The molecule has 0 radical (unpaired) electrons. The Morgan fingerprint density at radius 3 is 2.70 bits per heavy atom. The molecule has 0 saturated heterocycles. The number of aliphatic carboxylic acids is 1. The summed E-state index contributed by atoms with van der Waals surface area (Å²) >= 11 is 6.37. The quantitative estimate of drug-likeness (QED) is 0.173. The molecule has 1 aliphatic heterocycles. The highest BCUT2D eigenvalue weighted by atomic mass is 35.5. The number of amides is 2. The van der Waals surface area contributed by atoms with Gasteiger partial charge in [-0.15, -0.1) is 0 Å². The third kappa shape index (κ3) is 7.56. The van der Waals surface area contributed by atoms with Crippen molar-refractivity contribution < 1.29 is 28.6 Å². The van der Waals surface area contributed by atoms with Crippen molar-refractivity contribution in [2.24, 2.45) is 0 Å². The van der Waals surface area contributed by atoms with Gasteiger partial charge in [0.15, 0.2) is 0 Å². The molecule has 0 bridgehead atoms. The number of carboxylic acids is 1. The van der Waals surface area contributed by atoms with Gasteiger partial charge in [0, 0.05) is 53.1 Å². The molecule has 0 aliphatic carbocycles. The second-order valence-electron chi connectivity index (χ2n) is 11.3. The van der Waals surface area contributed by atoms with Crippen LogP contribution in [-0.4, -0.2) is 52.4 Å². The van der Waals surface area contributed by atoms with Crippen LogP contribution in [0.3, 0.4) is 0 Å². The smallest absolute Gasteiger partial charge is 0.305 e. The Balaban J connectivity index is 1.25. The van der Waals surface area contributed by atoms with Crippen LogP contribution in [-0.2, 0) is 22.6 Å². The maximum absolute atomic E-state index is 15.1. The standard InChI is InChI=1S/C35H36ClFN4O5/c1-22-7-3-11-32(23(22)2)46-16-6-12-33(42)41-15-5-9-27-26(8-4-10-31(27)41)25-19-39-40(20-25)21-28-29(36)17-24(18-30(28)37)35(45)38-14-13-34(43)44/h3-4,7-8,10-11,17-20H,5-6,9,12-16,21H2,1-2H3,(H,38,45)(H,43,44). The third-order valence-corrected chi connectivity index (χ3v) is 8.53. The Hall–Kier alpha value is -4.70. The van der Waals surface area contributed by atoms with Gasteiger partial charge in [-0.2, -0.15) is 5.10 Å². The second-order valence-corrected chi connectivity index (χ2v) is 11.8. The van der Waals surface area contributed by atoms with Gasteiger partial charge in [0.1, 0.15) is 11.6 Å². The van der Waals surface area contributed by atoms with Crippen molar-refractivity contribution in [1.29, 1.82) is 0 Å². The lowest BCUT2D eigenvalue weighted by atomic mass is 9.93. The molecule has 2 N–H and O–H groups in total. The van der Waals surface area contributed by atoms with Crippen LogP contribution < -0.4 is 15.0 Å². The van der Waals surface area contributed by atoms with Gasteiger partial charge in [-0.3, -0.25) is 19.1 Å². The van der Waals surface area contributed by atoms with Crippen LogP contribution in [0, 0.1) is 19.7 Å². The summed E-state index contributed by atoms with van der Waals surface area (Å²) in [7, 11) is 0. The van der Waals surface area contributed by atoms with Gasteiger partial charge in [-0.05, 0) is 79.6 Å². The number of aromatic nitrogens is 2. The van der Waals surface area contributed by atoms with Crippen molar-refractivity contribution >= 4 is 35.1 Å². The summed E-state index contributed by atoms with van der Waals surface area (Å²) in [4.78, 5) is 38.2. The molecule has 11 heteroatoms. The number of benzene rings is 3. The summed E-state index contributed by atoms with van der Waals surface area (Å²) in [5.41, 5.74) is 6.20. The highest BCUT2D eigenvalue weighted by molar-refractivity contribution is 6.31. The molecule has 0 saturated carbocycles. The zero-order chi connectivity index (χ0) is 32.8. The molecule has 2 heterocycles. The molecule has 1 aromatic heterocycles. The van der Waals surface area contributed by atoms with Crippen LogP contribution >= 0.6 is 11.6 Å². The van der Waals surface area contributed by atoms with Gasteiger partial charge < -0.3 is 20.1 Å². The van der Waals surface area contributed by atoms with Crippen LogP contribution in [0.1, 0.15) is 58.3 Å². The van der Waals surface area contributed by atoms with E-state index in [0.29, 0.717) is 26.0 Å². The molecule has 1 aliphatic rings. The predicted octanol–water partition coefficient (Wildman–Crippen LogP) is 6.35. The number of rotatable bonds is 12. The van der Waals surface area contributed by atoms with E-state index in [-0.39, 0.29) is 41.6 Å². The fraction of sp³-hybridized carbons (Fsp3) is 0.314. The molecule has 2 amide bonds. The van der Waals surface area contributed by atoms with Crippen LogP contribution in [0.25, 0.3) is 11.1 Å². The number of carbonyl (C=O) groups is 3. The summed E-state index contributed by atoms with van der Waals surface area (Å²) in [5.74, 6) is -1.42. The average molecular weight is 647 g/mol. The van der Waals surface area contributed by atoms with E-state index >= 15 is 4.39 Å². The Morgan fingerprint density at radius 2 is 1.91 bits per heavy atom. The van der Waals surface area contributed by atoms with E-state index in [2.05, 4.69) is 10.4 Å². The minimum atomic E-state index is -1.05. The summed E-state index contributed by atoms with van der Waals surface area (Å²) in [6.07, 6.45) is 5.90. The lowest BCUT2D eigenvalue weighted by Gasteiger charge is -2.31. The van der Waals surface area contributed by atoms with Crippen molar-refractivity contribution in [3.05, 3.63) is 99.6 Å². The van der Waals surface area contributed by atoms with Gasteiger partial charge in [-0.25, -0.2) is 4.39 Å². The summed E-state index contributed by atoms with van der Waals surface area (Å²) in [6, 6.07) is 14.3. The van der Waals surface area contributed by atoms with E-state index in [0.717, 1.165) is 52.6 Å². The van der Waals surface area contributed by atoms with Crippen molar-refractivity contribution in [3.8, 4) is 16.9 Å². The molecule has 240 valence electrons. The lowest BCUT2D eigenvalue weighted by molar-refractivity contribution is -0.136. The lowest BCUT2D eigenvalue weighted by Crippen LogP contribution is -2.35. The molecule has 4 aromatic rings. The van der Waals surface area contributed by atoms with Gasteiger partial charge in [0.05, 0.1) is 25.8 Å². The molecule has 5 rings (SSSR count). The molecule has 0 atom stereocenters. The fourth-order valence-electron chi connectivity index (χ4n) is 5.60. The maximum atomic E-state index is 15.1. The predicted molar refractivity (Wildman–Crippen MR) is 174 cm³/mol. The number of hydrogen-bond acceptors (Lipinski definition) is 5. The number of carbonyl (C=O) groups excluding carboxylic acids is 2. The summed E-state index contributed by atoms with van der Waals surface area (Å²) in [6.45, 7) is 5.15. The Bertz CT molecular complexity index is 1750. The number of halogens is 2. The number of nitrogens with one attached hydrogen (secondary N) is 1. The highest BCUT2D eigenvalue weighted by Crippen LogP contribution is 2.36. The number of anilines is 1. The molecular weight excluding hydrogens is 611 g/mol. The van der Waals surface area contributed by atoms with E-state index in [4.69, 9.17) is 21.4 Å². The first-order chi connectivity index (χ1) is 22.1.